The molecule has 0 amide bonds. The van der Waals surface area contributed by atoms with Crippen molar-refractivity contribution in [3.8, 4) is 5.88 Å². The van der Waals surface area contributed by atoms with Crippen molar-refractivity contribution < 1.29 is 9.84 Å². The number of methoxy groups -OCH3 is 1. The Labute approximate surface area is 145 Å². The molecule has 0 saturated carbocycles. The number of β-amino-alcohol motifs (C(OH)–C–C–N with tert-alkyl or cyclic N) is 1. The average Bonchev–Trinajstić information content (AvgIpc) is 2.52. The van der Waals surface area contributed by atoms with E-state index in [2.05, 4.69) is 33.6 Å². The first-order chi connectivity index (χ1) is 11.3. The third-order valence-corrected chi connectivity index (χ3v) is 4.63. The van der Waals surface area contributed by atoms with Crippen LogP contribution in [0.15, 0.2) is 6.07 Å². The molecule has 2 rings (SSSR count). The SMILES string of the molecule is CC[C@@H]1CN(c2nc(C)cc(OC)n2)[C@H](CC)CN1CC(C)(C)O. The molecule has 0 aromatic carbocycles. The van der Waals surface area contributed by atoms with Crippen molar-refractivity contribution in [3.05, 3.63) is 11.8 Å². The first kappa shape index (κ1) is 18.9. The fraction of sp³-hybridized carbons (Fsp3) is 0.778. The first-order valence-corrected chi connectivity index (χ1v) is 8.90. The lowest BCUT2D eigenvalue weighted by Gasteiger charge is -2.47. The van der Waals surface area contributed by atoms with Crippen LogP contribution in [0, 0.1) is 6.92 Å². The molecule has 0 unspecified atom stereocenters. The Hall–Kier alpha value is -1.40. The molecule has 0 bridgehead atoms. The number of hydrogen-bond donors (Lipinski definition) is 1. The molecule has 1 aliphatic rings. The predicted octanol–water partition coefficient (Wildman–Crippen LogP) is 2.24. The molecule has 1 N–H and O–H groups in total. The highest BCUT2D eigenvalue weighted by atomic mass is 16.5. The lowest BCUT2D eigenvalue weighted by Crippen LogP contribution is -2.60. The summed E-state index contributed by atoms with van der Waals surface area (Å²) >= 11 is 0. The molecule has 0 aliphatic carbocycles. The molecule has 6 heteroatoms. The van der Waals surface area contributed by atoms with Crippen LogP contribution < -0.4 is 9.64 Å². The molecular weight excluding hydrogens is 304 g/mol. The predicted molar refractivity (Wildman–Crippen MR) is 96.7 cm³/mol. The highest BCUT2D eigenvalue weighted by molar-refractivity contribution is 5.37. The summed E-state index contributed by atoms with van der Waals surface area (Å²) in [7, 11) is 1.64. The Morgan fingerprint density at radius 2 is 1.88 bits per heavy atom. The van der Waals surface area contributed by atoms with Gasteiger partial charge >= 0.3 is 0 Å². The number of hydrogen-bond acceptors (Lipinski definition) is 6. The van der Waals surface area contributed by atoms with E-state index < -0.39 is 5.60 Å². The van der Waals surface area contributed by atoms with Gasteiger partial charge in [0.1, 0.15) is 0 Å². The van der Waals surface area contributed by atoms with E-state index in [1.54, 1.807) is 7.11 Å². The second-order valence-electron chi connectivity index (χ2n) is 7.37. The number of aliphatic hydroxyl groups is 1. The summed E-state index contributed by atoms with van der Waals surface area (Å²) in [6.07, 6.45) is 2.05. The summed E-state index contributed by atoms with van der Waals surface area (Å²) in [6.45, 7) is 12.6. The molecule has 2 atom stereocenters. The van der Waals surface area contributed by atoms with Gasteiger partial charge in [-0.2, -0.15) is 4.98 Å². The minimum absolute atomic E-state index is 0.335. The van der Waals surface area contributed by atoms with Gasteiger partial charge in [0.2, 0.25) is 11.8 Å². The van der Waals surface area contributed by atoms with Crippen LogP contribution in [0.5, 0.6) is 5.88 Å². The van der Waals surface area contributed by atoms with Gasteiger partial charge in [-0.15, -0.1) is 0 Å². The maximum atomic E-state index is 10.2. The van der Waals surface area contributed by atoms with Crippen LogP contribution in [0.4, 0.5) is 5.95 Å². The average molecular weight is 336 g/mol. The zero-order chi connectivity index (χ0) is 17.9. The van der Waals surface area contributed by atoms with Crippen LogP contribution in [-0.4, -0.2) is 64.4 Å². The quantitative estimate of drug-likeness (QED) is 0.860. The number of ether oxygens (including phenoxy) is 1. The van der Waals surface area contributed by atoms with Crippen LogP contribution in [0.2, 0.25) is 0 Å². The van der Waals surface area contributed by atoms with Crippen LogP contribution >= 0.6 is 0 Å². The van der Waals surface area contributed by atoms with E-state index in [0.29, 0.717) is 24.5 Å². The van der Waals surface area contributed by atoms with Crippen LogP contribution in [0.3, 0.4) is 0 Å². The van der Waals surface area contributed by atoms with Gasteiger partial charge in [0.05, 0.1) is 12.7 Å². The third-order valence-electron chi connectivity index (χ3n) is 4.63. The Kier molecular flexibility index (Phi) is 6.04. The Balaban J connectivity index is 2.27. The Morgan fingerprint density at radius 1 is 1.21 bits per heavy atom. The van der Waals surface area contributed by atoms with Gasteiger partial charge in [-0.3, -0.25) is 4.90 Å². The van der Waals surface area contributed by atoms with E-state index in [0.717, 1.165) is 37.6 Å². The highest BCUT2D eigenvalue weighted by Gasteiger charge is 2.35. The molecule has 136 valence electrons. The maximum absolute atomic E-state index is 10.2. The standard InChI is InChI=1S/C18H32N4O2/c1-7-14-11-22(17-19-13(3)9-16(20-17)24-6)15(8-2)10-21(14)12-18(4,5)23/h9,14-15,23H,7-8,10-12H2,1-6H3/t14-,15-/m1/s1. The van der Waals surface area contributed by atoms with Gasteiger partial charge in [0, 0.05) is 43.5 Å². The lowest BCUT2D eigenvalue weighted by molar-refractivity contribution is 0.00981. The molecular formula is C18H32N4O2. The molecule has 1 saturated heterocycles. The minimum Gasteiger partial charge on any atom is -0.481 e. The number of aromatic nitrogens is 2. The Bertz CT molecular complexity index is 544. The summed E-state index contributed by atoms with van der Waals surface area (Å²) in [6, 6.07) is 2.57. The zero-order valence-electron chi connectivity index (χ0n) is 15.9. The van der Waals surface area contributed by atoms with E-state index in [1.165, 1.54) is 0 Å². The number of piperazine rings is 1. The largest absolute Gasteiger partial charge is 0.481 e. The van der Waals surface area contributed by atoms with Crippen molar-refractivity contribution in [1.82, 2.24) is 14.9 Å². The van der Waals surface area contributed by atoms with E-state index in [4.69, 9.17) is 4.74 Å². The second kappa shape index (κ2) is 7.66. The first-order valence-electron chi connectivity index (χ1n) is 8.90. The number of anilines is 1. The van der Waals surface area contributed by atoms with Crippen molar-refractivity contribution in [2.45, 2.75) is 65.1 Å². The normalized spacial score (nSPS) is 22.7. The second-order valence-corrected chi connectivity index (χ2v) is 7.37. The van der Waals surface area contributed by atoms with Crippen molar-refractivity contribution in [2.75, 3.05) is 31.6 Å². The topological polar surface area (TPSA) is 61.7 Å². The summed E-state index contributed by atoms with van der Waals surface area (Å²) in [4.78, 5) is 13.9. The van der Waals surface area contributed by atoms with E-state index in [-0.39, 0.29) is 0 Å². The van der Waals surface area contributed by atoms with Crippen LogP contribution in [0.25, 0.3) is 0 Å². The number of rotatable bonds is 6. The number of nitrogens with zero attached hydrogens (tertiary/aromatic N) is 4. The van der Waals surface area contributed by atoms with Gasteiger partial charge in [-0.05, 0) is 33.6 Å². The molecule has 1 aromatic heterocycles. The van der Waals surface area contributed by atoms with E-state index in [9.17, 15) is 5.11 Å². The van der Waals surface area contributed by atoms with Gasteiger partial charge in [-0.1, -0.05) is 13.8 Å². The monoisotopic (exact) mass is 336 g/mol. The molecule has 6 nitrogen and oxygen atoms in total. The fourth-order valence-corrected chi connectivity index (χ4v) is 3.44. The van der Waals surface area contributed by atoms with Crippen molar-refractivity contribution >= 4 is 5.95 Å². The molecule has 2 heterocycles. The van der Waals surface area contributed by atoms with E-state index >= 15 is 0 Å². The molecule has 0 radical (unpaired) electrons. The van der Waals surface area contributed by atoms with Crippen molar-refractivity contribution in [1.29, 1.82) is 0 Å². The fourth-order valence-electron chi connectivity index (χ4n) is 3.44. The molecule has 1 aromatic rings. The summed E-state index contributed by atoms with van der Waals surface area (Å²) in [5.74, 6) is 1.36. The van der Waals surface area contributed by atoms with Crippen molar-refractivity contribution in [2.24, 2.45) is 0 Å². The highest BCUT2D eigenvalue weighted by Crippen LogP contribution is 2.26. The van der Waals surface area contributed by atoms with Gasteiger partial charge in [0.15, 0.2) is 0 Å². The Morgan fingerprint density at radius 3 is 2.42 bits per heavy atom. The number of aryl methyl sites for hydroxylation is 1. The van der Waals surface area contributed by atoms with E-state index in [1.807, 2.05) is 26.8 Å². The molecule has 24 heavy (non-hydrogen) atoms. The molecule has 1 aliphatic heterocycles. The lowest BCUT2D eigenvalue weighted by atomic mass is 10.00. The summed E-state index contributed by atoms with van der Waals surface area (Å²) < 4.78 is 5.31. The van der Waals surface area contributed by atoms with Gasteiger partial charge < -0.3 is 14.7 Å². The van der Waals surface area contributed by atoms with Gasteiger partial charge in [-0.25, -0.2) is 4.98 Å². The summed E-state index contributed by atoms with van der Waals surface area (Å²) in [5.41, 5.74) is 0.232. The minimum atomic E-state index is -0.684. The molecule has 1 fully saturated rings. The smallest absolute Gasteiger partial charge is 0.229 e. The van der Waals surface area contributed by atoms with Crippen LogP contribution in [0.1, 0.15) is 46.2 Å². The van der Waals surface area contributed by atoms with Crippen molar-refractivity contribution in [3.63, 3.8) is 0 Å². The maximum Gasteiger partial charge on any atom is 0.229 e. The third kappa shape index (κ3) is 4.57. The van der Waals surface area contributed by atoms with Gasteiger partial charge in [0.25, 0.3) is 0 Å². The van der Waals surface area contributed by atoms with Crippen LogP contribution in [-0.2, 0) is 0 Å². The molecule has 0 spiro atoms. The zero-order valence-corrected chi connectivity index (χ0v) is 15.9. The summed E-state index contributed by atoms with van der Waals surface area (Å²) in [5, 5.41) is 10.2.